The van der Waals surface area contributed by atoms with Crippen LogP contribution in [-0.4, -0.2) is 66.4 Å². The van der Waals surface area contributed by atoms with Crippen molar-refractivity contribution in [2.24, 2.45) is 0 Å². The number of aromatic nitrogens is 1. The first-order valence-corrected chi connectivity index (χ1v) is 9.18. The van der Waals surface area contributed by atoms with Crippen LogP contribution in [0.1, 0.15) is 37.2 Å². The van der Waals surface area contributed by atoms with E-state index in [1.165, 1.54) is 11.3 Å². The van der Waals surface area contributed by atoms with Gasteiger partial charge in [0.2, 0.25) is 0 Å². The number of nitrogens with one attached hydrogen (secondary N) is 1. The van der Waals surface area contributed by atoms with Crippen LogP contribution < -0.4 is 5.32 Å². The van der Waals surface area contributed by atoms with E-state index in [-0.39, 0.29) is 17.6 Å². The average Bonchev–Trinajstić information content (AvgIpc) is 3.13. The molecule has 1 aromatic rings. The second-order valence-electron chi connectivity index (χ2n) is 6.66. The second kappa shape index (κ2) is 7.25. The Labute approximate surface area is 141 Å². The quantitative estimate of drug-likeness (QED) is 0.901. The number of carbonyl (C=O) groups is 1. The second-order valence-corrected chi connectivity index (χ2v) is 7.38. The lowest BCUT2D eigenvalue weighted by atomic mass is 9.99. The zero-order valence-corrected chi connectivity index (χ0v) is 14.6. The fraction of sp³-hybridized carbons (Fsp3) is 0.750. The third-order valence-corrected chi connectivity index (χ3v) is 5.19. The molecule has 0 saturated carbocycles. The summed E-state index contributed by atoms with van der Waals surface area (Å²) in [6.45, 7) is 8.20. The van der Waals surface area contributed by atoms with Crippen LogP contribution >= 0.6 is 11.3 Å². The fourth-order valence-electron chi connectivity index (χ4n) is 3.26. The summed E-state index contributed by atoms with van der Waals surface area (Å²) in [5.41, 5.74) is 1.92. The highest BCUT2D eigenvalue weighted by Gasteiger charge is 2.43. The number of thiazole rings is 1. The molecule has 0 bridgehead atoms. The molecular formula is C16H25N3O3S. The van der Waals surface area contributed by atoms with Crippen LogP contribution in [0.25, 0.3) is 0 Å². The van der Waals surface area contributed by atoms with Gasteiger partial charge < -0.3 is 14.8 Å². The van der Waals surface area contributed by atoms with Gasteiger partial charge in [0.1, 0.15) is 11.3 Å². The molecule has 0 radical (unpaired) electrons. The number of rotatable bonds is 4. The van der Waals surface area contributed by atoms with Gasteiger partial charge in [-0.15, -0.1) is 11.3 Å². The maximum atomic E-state index is 12.0. The topological polar surface area (TPSA) is 63.7 Å². The summed E-state index contributed by atoms with van der Waals surface area (Å²) >= 11 is 1.42. The summed E-state index contributed by atoms with van der Waals surface area (Å²) in [6.07, 6.45) is 1.98. The molecule has 3 heterocycles. The summed E-state index contributed by atoms with van der Waals surface area (Å²) in [7, 11) is 0. The molecule has 2 atom stereocenters. The van der Waals surface area contributed by atoms with E-state index in [0.29, 0.717) is 24.9 Å². The lowest BCUT2D eigenvalue weighted by Crippen LogP contribution is -2.47. The highest BCUT2D eigenvalue weighted by atomic mass is 32.1. The van der Waals surface area contributed by atoms with Crippen molar-refractivity contribution >= 4 is 17.2 Å². The molecule has 3 rings (SSSR count). The molecule has 23 heavy (non-hydrogen) atoms. The fourth-order valence-corrected chi connectivity index (χ4v) is 3.79. The minimum absolute atomic E-state index is 0.0493. The Kier molecular flexibility index (Phi) is 5.31. The number of carbonyl (C=O) groups excluding carboxylic acids is 1. The van der Waals surface area contributed by atoms with Crippen LogP contribution in [0.5, 0.6) is 0 Å². The van der Waals surface area contributed by atoms with E-state index >= 15 is 0 Å². The van der Waals surface area contributed by atoms with Crippen molar-refractivity contribution < 1.29 is 14.3 Å². The van der Waals surface area contributed by atoms with Gasteiger partial charge in [-0.1, -0.05) is 0 Å². The van der Waals surface area contributed by atoms with Gasteiger partial charge in [-0.2, -0.15) is 0 Å². The molecule has 0 aliphatic carbocycles. The first-order valence-electron chi connectivity index (χ1n) is 8.24. The molecule has 6 nitrogen and oxygen atoms in total. The molecule has 0 aromatic carbocycles. The first kappa shape index (κ1) is 16.8. The van der Waals surface area contributed by atoms with Crippen molar-refractivity contribution in [3.05, 3.63) is 16.6 Å². The van der Waals surface area contributed by atoms with Crippen molar-refractivity contribution in [2.75, 3.05) is 32.8 Å². The van der Waals surface area contributed by atoms with E-state index in [1.54, 1.807) is 10.9 Å². The highest BCUT2D eigenvalue weighted by Crippen LogP contribution is 2.33. The number of hydrogen-bond acceptors (Lipinski definition) is 6. The van der Waals surface area contributed by atoms with Crippen LogP contribution in [0.15, 0.2) is 10.9 Å². The predicted molar refractivity (Wildman–Crippen MR) is 88.8 cm³/mol. The van der Waals surface area contributed by atoms with E-state index in [9.17, 15) is 4.79 Å². The number of ether oxygens (including phenoxy) is 2. The van der Waals surface area contributed by atoms with Crippen LogP contribution in [0.3, 0.4) is 0 Å². The molecule has 2 aliphatic rings. The lowest BCUT2D eigenvalue weighted by molar-refractivity contribution is -0.0861. The normalized spacial score (nSPS) is 29.1. The first-order chi connectivity index (χ1) is 11.1. The van der Waals surface area contributed by atoms with Crippen molar-refractivity contribution in [2.45, 2.75) is 44.4 Å². The van der Waals surface area contributed by atoms with Gasteiger partial charge in [-0.25, -0.2) is 4.98 Å². The minimum atomic E-state index is -0.225. The Bertz CT molecular complexity index is 523. The van der Waals surface area contributed by atoms with E-state index < -0.39 is 0 Å². The maximum Gasteiger partial charge on any atom is 0.270 e. The molecule has 1 amide bonds. The van der Waals surface area contributed by atoms with E-state index in [1.807, 2.05) is 0 Å². The van der Waals surface area contributed by atoms with Gasteiger partial charge in [0.25, 0.3) is 5.91 Å². The predicted octanol–water partition coefficient (Wildman–Crippen LogP) is 1.53. The third kappa shape index (κ3) is 4.09. The third-order valence-electron chi connectivity index (χ3n) is 4.60. The lowest BCUT2D eigenvalue weighted by Gasteiger charge is -2.34. The SMILES string of the molecule is CC(C)N1CCOC[C@@]2(CC[C@@H](CNC(=O)c3cscn3)O2)C1. The van der Waals surface area contributed by atoms with Crippen molar-refractivity contribution in [3.8, 4) is 0 Å². The summed E-state index contributed by atoms with van der Waals surface area (Å²) in [5.74, 6) is -0.128. The zero-order valence-electron chi connectivity index (χ0n) is 13.8. The molecule has 128 valence electrons. The molecule has 2 saturated heterocycles. The molecular weight excluding hydrogens is 314 g/mol. The number of nitrogens with zero attached hydrogens (tertiary/aromatic N) is 2. The number of hydrogen-bond donors (Lipinski definition) is 1. The van der Waals surface area contributed by atoms with Crippen LogP contribution in [-0.2, 0) is 9.47 Å². The van der Waals surface area contributed by atoms with E-state index in [4.69, 9.17) is 9.47 Å². The summed E-state index contributed by atoms with van der Waals surface area (Å²) < 4.78 is 12.1. The van der Waals surface area contributed by atoms with Gasteiger partial charge in [-0.3, -0.25) is 9.69 Å². The molecule has 0 unspecified atom stereocenters. The van der Waals surface area contributed by atoms with Crippen LogP contribution in [0, 0.1) is 0 Å². The standard InChI is InChI=1S/C16H25N3O3S/c1-12(2)19-5-6-21-10-16(9-19)4-3-13(22-16)7-17-15(20)14-8-23-11-18-14/h8,11-13H,3-7,9-10H2,1-2H3,(H,17,20)/t13-,16+/m0/s1. The van der Waals surface area contributed by atoms with Gasteiger partial charge in [-0.05, 0) is 26.7 Å². The minimum Gasteiger partial charge on any atom is -0.377 e. The Hall–Kier alpha value is -1.02. The largest absolute Gasteiger partial charge is 0.377 e. The smallest absolute Gasteiger partial charge is 0.270 e. The van der Waals surface area contributed by atoms with Crippen LogP contribution in [0.2, 0.25) is 0 Å². The zero-order chi connectivity index (χ0) is 16.3. The summed E-state index contributed by atoms with van der Waals surface area (Å²) in [4.78, 5) is 18.4. The maximum absolute atomic E-state index is 12.0. The molecule has 2 fully saturated rings. The molecule has 2 aliphatic heterocycles. The summed E-state index contributed by atoms with van der Waals surface area (Å²) in [6, 6.07) is 0.487. The van der Waals surface area contributed by atoms with E-state index in [0.717, 1.165) is 32.5 Å². The van der Waals surface area contributed by atoms with Crippen molar-refractivity contribution in [1.82, 2.24) is 15.2 Å². The van der Waals surface area contributed by atoms with Gasteiger partial charge in [0, 0.05) is 31.1 Å². The molecule has 1 N–H and O–H groups in total. The Morgan fingerprint density at radius 3 is 3.22 bits per heavy atom. The monoisotopic (exact) mass is 339 g/mol. The van der Waals surface area contributed by atoms with Gasteiger partial charge in [0.15, 0.2) is 0 Å². The molecule has 7 heteroatoms. The summed E-state index contributed by atoms with van der Waals surface area (Å²) in [5, 5.41) is 4.68. The van der Waals surface area contributed by atoms with Crippen LogP contribution in [0.4, 0.5) is 0 Å². The number of amides is 1. The Morgan fingerprint density at radius 1 is 1.61 bits per heavy atom. The average molecular weight is 339 g/mol. The molecule has 1 aromatic heterocycles. The Morgan fingerprint density at radius 2 is 2.48 bits per heavy atom. The van der Waals surface area contributed by atoms with Gasteiger partial charge >= 0.3 is 0 Å². The van der Waals surface area contributed by atoms with Crippen molar-refractivity contribution in [3.63, 3.8) is 0 Å². The van der Waals surface area contributed by atoms with Crippen molar-refractivity contribution in [1.29, 1.82) is 0 Å². The highest BCUT2D eigenvalue weighted by molar-refractivity contribution is 7.07. The molecule has 1 spiro atoms. The van der Waals surface area contributed by atoms with E-state index in [2.05, 4.69) is 29.0 Å². The Balaban J connectivity index is 1.53. The van der Waals surface area contributed by atoms with Gasteiger partial charge in [0.05, 0.1) is 24.8 Å².